The number of hydrogen-bond acceptors (Lipinski definition) is 3. The third kappa shape index (κ3) is 3.23. The Hall–Kier alpha value is -2.69. The molecule has 5 heteroatoms. The fourth-order valence-corrected chi connectivity index (χ4v) is 2.71. The molecule has 0 spiro atoms. The lowest BCUT2D eigenvalue weighted by molar-refractivity contribution is -0.139. The Labute approximate surface area is 134 Å². The summed E-state index contributed by atoms with van der Waals surface area (Å²) < 4.78 is 0. The summed E-state index contributed by atoms with van der Waals surface area (Å²) in [5.41, 5.74) is 2.94. The fraction of sp³-hybridized carbons (Fsp3) is 0.278. The third-order valence-electron chi connectivity index (χ3n) is 4.17. The maximum atomic E-state index is 12.5. The lowest BCUT2D eigenvalue weighted by Crippen LogP contribution is -2.42. The van der Waals surface area contributed by atoms with E-state index in [1.165, 1.54) is 0 Å². The van der Waals surface area contributed by atoms with Crippen LogP contribution in [0.15, 0.2) is 42.6 Å². The number of carboxylic acid groups (broad SMARTS) is 1. The number of nitrogens with one attached hydrogen (secondary N) is 1. The molecule has 23 heavy (non-hydrogen) atoms. The number of benzene rings is 1. The van der Waals surface area contributed by atoms with Crippen molar-refractivity contribution in [3.8, 4) is 11.3 Å². The summed E-state index contributed by atoms with van der Waals surface area (Å²) in [4.78, 5) is 28.1. The van der Waals surface area contributed by atoms with Crippen molar-refractivity contribution in [1.29, 1.82) is 0 Å². The number of aliphatic carboxylic acids is 1. The summed E-state index contributed by atoms with van der Waals surface area (Å²) in [6.07, 6.45) is 3.41. The van der Waals surface area contributed by atoms with Gasteiger partial charge in [0.25, 0.3) is 5.91 Å². The van der Waals surface area contributed by atoms with E-state index in [0.717, 1.165) is 29.7 Å². The Morgan fingerprint density at radius 1 is 1.22 bits per heavy atom. The molecule has 0 bridgehead atoms. The normalized spacial score (nSPS) is 15.0. The molecule has 1 aliphatic rings. The van der Waals surface area contributed by atoms with Crippen LogP contribution in [-0.4, -0.2) is 28.0 Å². The highest BCUT2D eigenvalue weighted by Crippen LogP contribution is 2.33. The predicted molar refractivity (Wildman–Crippen MR) is 86.0 cm³/mol. The highest BCUT2D eigenvalue weighted by molar-refractivity contribution is 5.99. The number of pyridine rings is 1. The van der Waals surface area contributed by atoms with Crippen molar-refractivity contribution in [2.75, 3.05) is 0 Å². The van der Waals surface area contributed by atoms with E-state index in [-0.39, 0.29) is 11.8 Å². The molecule has 1 atom stereocenters. The molecule has 5 nitrogen and oxygen atoms in total. The van der Waals surface area contributed by atoms with E-state index in [4.69, 9.17) is 0 Å². The number of aromatic nitrogens is 1. The number of carbonyl (C=O) groups excluding carboxylic acids is 1. The van der Waals surface area contributed by atoms with E-state index >= 15 is 0 Å². The van der Waals surface area contributed by atoms with E-state index in [1.54, 1.807) is 18.3 Å². The van der Waals surface area contributed by atoms with Crippen LogP contribution in [0.3, 0.4) is 0 Å². The summed E-state index contributed by atoms with van der Waals surface area (Å²) in [7, 11) is 0. The summed E-state index contributed by atoms with van der Waals surface area (Å²) in [6, 6.07) is 10.2. The fourth-order valence-electron chi connectivity index (χ4n) is 2.71. The molecular formula is C18H18N2O3. The van der Waals surface area contributed by atoms with Gasteiger partial charge in [0.2, 0.25) is 0 Å². The van der Waals surface area contributed by atoms with Crippen molar-refractivity contribution in [2.24, 2.45) is 5.92 Å². The van der Waals surface area contributed by atoms with Crippen LogP contribution in [0.2, 0.25) is 0 Å². The number of amides is 1. The molecule has 118 valence electrons. The van der Waals surface area contributed by atoms with E-state index in [9.17, 15) is 14.7 Å². The topological polar surface area (TPSA) is 79.3 Å². The molecule has 1 aromatic carbocycles. The van der Waals surface area contributed by atoms with Crippen LogP contribution in [0.25, 0.3) is 11.3 Å². The van der Waals surface area contributed by atoms with Crippen LogP contribution in [0.5, 0.6) is 0 Å². The van der Waals surface area contributed by atoms with Gasteiger partial charge in [0.05, 0.1) is 5.69 Å². The van der Waals surface area contributed by atoms with Crippen molar-refractivity contribution in [3.05, 3.63) is 53.7 Å². The number of rotatable bonds is 5. The molecule has 1 amide bonds. The molecule has 3 rings (SSSR count). The van der Waals surface area contributed by atoms with Crippen molar-refractivity contribution in [2.45, 2.75) is 25.8 Å². The van der Waals surface area contributed by atoms with Crippen molar-refractivity contribution in [1.82, 2.24) is 10.3 Å². The lowest BCUT2D eigenvalue weighted by atomic mass is 9.98. The van der Waals surface area contributed by atoms with Gasteiger partial charge in [0.15, 0.2) is 0 Å². The van der Waals surface area contributed by atoms with Gasteiger partial charge in [-0.2, -0.15) is 0 Å². The molecule has 0 radical (unpaired) electrons. The average molecular weight is 310 g/mol. The van der Waals surface area contributed by atoms with Gasteiger partial charge in [0.1, 0.15) is 6.04 Å². The molecule has 2 aromatic rings. The second-order valence-corrected chi connectivity index (χ2v) is 5.82. The summed E-state index contributed by atoms with van der Waals surface area (Å²) in [5, 5.41) is 11.9. The Balaban J connectivity index is 1.88. The van der Waals surface area contributed by atoms with E-state index in [1.807, 2.05) is 31.2 Å². The summed E-state index contributed by atoms with van der Waals surface area (Å²) in [5.74, 6) is -1.27. The zero-order chi connectivity index (χ0) is 16.4. The Bertz CT molecular complexity index is 739. The Morgan fingerprint density at radius 2 is 2.00 bits per heavy atom. The van der Waals surface area contributed by atoms with Gasteiger partial charge in [-0.25, -0.2) is 4.79 Å². The molecule has 1 unspecified atom stereocenters. The van der Waals surface area contributed by atoms with Gasteiger partial charge in [-0.3, -0.25) is 9.78 Å². The van der Waals surface area contributed by atoms with Gasteiger partial charge in [-0.15, -0.1) is 0 Å². The van der Waals surface area contributed by atoms with E-state index < -0.39 is 12.0 Å². The number of hydrogen-bond donors (Lipinski definition) is 2. The monoisotopic (exact) mass is 310 g/mol. The first-order valence-corrected chi connectivity index (χ1v) is 7.62. The zero-order valence-electron chi connectivity index (χ0n) is 12.8. The van der Waals surface area contributed by atoms with E-state index in [2.05, 4.69) is 10.3 Å². The van der Waals surface area contributed by atoms with Gasteiger partial charge < -0.3 is 10.4 Å². The van der Waals surface area contributed by atoms with Gasteiger partial charge in [-0.05, 0) is 49.4 Å². The second kappa shape index (κ2) is 6.20. The largest absolute Gasteiger partial charge is 0.480 e. The molecule has 1 fully saturated rings. The Kier molecular flexibility index (Phi) is 4.10. The Morgan fingerprint density at radius 3 is 2.61 bits per heavy atom. The van der Waals surface area contributed by atoms with Gasteiger partial charge in [0, 0.05) is 17.3 Å². The van der Waals surface area contributed by atoms with Crippen LogP contribution in [0, 0.1) is 12.8 Å². The summed E-state index contributed by atoms with van der Waals surface area (Å²) >= 11 is 0. The molecule has 0 saturated heterocycles. The standard InChI is InChI=1S/C18H18N2O3/c1-11-13(15-7-2-3-10-19-15)5-4-6-14(11)17(21)20-16(18(22)23)12-8-9-12/h2-7,10,12,16H,8-9H2,1H3,(H,20,21)(H,22,23). The number of carbonyl (C=O) groups is 2. The molecule has 2 N–H and O–H groups in total. The zero-order valence-corrected chi connectivity index (χ0v) is 12.8. The molecule has 0 aliphatic heterocycles. The van der Waals surface area contributed by atoms with Crippen molar-refractivity contribution in [3.63, 3.8) is 0 Å². The third-order valence-corrected chi connectivity index (χ3v) is 4.17. The van der Waals surface area contributed by atoms with Crippen molar-refractivity contribution >= 4 is 11.9 Å². The highest BCUT2D eigenvalue weighted by Gasteiger charge is 2.37. The maximum Gasteiger partial charge on any atom is 0.326 e. The number of carboxylic acids is 1. The predicted octanol–water partition coefficient (Wildman–Crippen LogP) is 2.65. The molecule has 1 aliphatic carbocycles. The van der Waals surface area contributed by atoms with Crippen LogP contribution in [0.4, 0.5) is 0 Å². The highest BCUT2D eigenvalue weighted by atomic mass is 16.4. The lowest BCUT2D eigenvalue weighted by Gasteiger charge is -2.16. The first-order chi connectivity index (χ1) is 11.1. The quantitative estimate of drug-likeness (QED) is 0.890. The second-order valence-electron chi connectivity index (χ2n) is 5.82. The first-order valence-electron chi connectivity index (χ1n) is 7.62. The minimum absolute atomic E-state index is 0.0516. The van der Waals surface area contributed by atoms with Crippen molar-refractivity contribution < 1.29 is 14.7 Å². The molecule has 1 heterocycles. The summed E-state index contributed by atoms with van der Waals surface area (Å²) in [6.45, 7) is 1.85. The molecular weight excluding hydrogens is 292 g/mol. The number of nitrogens with zero attached hydrogens (tertiary/aromatic N) is 1. The van der Waals surface area contributed by atoms with Crippen LogP contribution in [0.1, 0.15) is 28.8 Å². The molecule has 1 saturated carbocycles. The maximum absolute atomic E-state index is 12.5. The van der Waals surface area contributed by atoms with Gasteiger partial charge in [-0.1, -0.05) is 18.2 Å². The van der Waals surface area contributed by atoms with Crippen LogP contribution < -0.4 is 5.32 Å². The minimum atomic E-state index is -0.973. The van der Waals surface area contributed by atoms with E-state index in [0.29, 0.717) is 5.56 Å². The average Bonchev–Trinajstić information content (AvgIpc) is 3.38. The first kappa shape index (κ1) is 15.2. The van der Waals surface area contributed by atoms with Crippen LogP contribution in [-0.2, 0) is 4.79 Å². The van der Waals surface area contributed by atoms with Crippen LogP contribution >= 0.6 is 0 Å². The minimum Gasteiger partial charge on any atom is -0.480 e. The van der Waals surface area contributed by atoms with Gasteiger partial charge >= 0.3 is 5.97 Å². The smallest absolute Gasteiger partial charge is 0.326 e. The molecule has 1 aromatic heterocycles. The SMILES string of the molecule is Cc1c(C(=O)NC(C(=O)O)C2CC2)cccc1-c1ccccn1.